The quantitative estimate of drug-likeness (QED) is 0.345. The number of nitrogens with zero attached hydrogens (tertiary/aromatic N) is 1. The van der Waals surface area contributed by atoms with E-state index in [-0.39, 0.29) is 0 Å². The molecule has 28 heavy (non-hydrogen) atoms. The van der Waals surface area contributed by atoms with E-state index in [0.717, 1.165) is 0 Å². The van der Waals surface area contributed by atoms with Crippen molar-refractivity contribution in [1.29, 1.82) is 0 Å². The molecule has 2 heterocycles. The van der Waals surface area contributed by atoms with E-state index in [4.69, 9.17) is 0 Å². The molecule has 4 aromatic carbocycles. The van der Waals surface area contributed by atoms with Gasteiger partial charge in [0.05, 0.1) is 16.6 Å². The molecule has 2 aromatic heterocycles. The van der Waals surface area contributed by atoms with Gasteiger partial charge in [-0.05, 0) is 54.3 Å². The van der Waals surface area contributed by atoms with Crippen LogP contribution in [-0.2, 0) is 12.8 Å². The SMILES string of the molecule is c1ccc2c(c1)[nH]c1c2ccc2c1c1ccccc1n2-c1ccc2c(c1)CC2. The van der Waals surface area contributed by atoms with E-state index in [2.05, 4.69) is 88.4 Å². The number of aromatic nitrogens is 2. The summed E-state index contributed by atoms with van der Waals surface area (Å²) in [5, 5.41) is 5.20. The van der Waals surface area contributed by atoms with Crippen molar-refractivity contribution in [2.45, 2.75) is 12.8 Å². The highest BCUT2D eigenvalue weighted by molar-refractivity contribution is 6.25. The number of benzene rings is 4. The summed E-state index contributed by atoms with van der Waals surface area (Å²) in [5.41, 5.74) is 9.22. The molecule has 0 saturated heterocycles. The second kappa shape index (κ2) is 5.05. The topological polar surface area (TPSA) is 20.7 Å². The van der Waals surface area contributed by atoms with Crippen molar-refractivity contribution >= 4 is 43.6 Å². The van der Waals surface area contributed by atoms with Crippen LogP contribution in [0.3, 0.4) is 0 Å². The molecule has 1 aliphatic carbocycles. The lowest BCUT2D eigenvalue weighted by Crippen LogP contribution is -2.09. The van der Waals surface area contributed by atoms with Gasteiger partial charge in [0.25, 0.3) is 0 Å². The van der Waals surface area contributed by atoms with Crippen LogP contribution in [0.15, 0.2) is 78.9 Å². The molecule has 0 saturated carbocycles. The second-order valence-electron chi connectivity index (χ2n) is 7.86. The molecule has 132 valence electrons. The molecule has 0 unspecified atom stereocenters. The van der Waals surface area contributed by atoms with Crippen LogP contribution in [0.5, 0.6) is 0 Å². The summed E-state index contributed by atoms with van der Waals surface area (Å²) in [6, 6.07) is 28.9. The standard InChI is InChI=1S/C26H18N2/c1-3-7-22-19(5-1)20-13-14-24-25(26(20)27-22)21-6-2-4-8-23(21)28(24)18-12-11-16-9-10-17(16)15-18/h1-8,11-15,27H,9-10H2. The Morgan fingerprint density at radius 2 is 1.46 bits per heavy atom. The van der Waals surface area contributed by atoms with Crippen LogP contribution < -0.4 is 0 Å². The van der Waals surface area contributed by atoms with Gasteiger partial charge >= 0.3 is 0 Å². The third-order valence-corrected chi connectivity index (χ3v) is 6.43. The first kappa shape index (κ1) is 14.5. The number of rotatable bonds is 1. The van der Waals surface area contributed by atoms with Crippen LogP contribution in [0.1, 0.15) is 11.1 Å². The zero-order valence-corrected chi connectivity index (χ0v) is 15.4. The van der Waals surface area contributed by atoms with E-state index < -0.39 is 0 Å². The Morgan fingerprint density at radius 3 is 2.32 bits per heavy atom. The maximum Gasteiger partial charge on any atom is 0.0566 e. The molecule has 1 aliphatic rings. The average Bonchev–Trinajstić information content (AvgIpc) is 3.25. The Labute approximate surface area is 162 Å². The fourth-order valence-electron chi connectivity index (χ4n) is 4.98. The minimum absolute atomic E-state index is 1.20. The molecule has 2 nitrogen and oxygen atoms in total. The van der Waals surface area contributed by atoms with Crippen LogP contribution in [-0.4, -0.2) is 9.55 Å². The van der Waals surface area contributed by atoms with Crippen LogP contribution in [0.4, 0.5) is 0 Å². The lowest BCUT2D eigenvalue weighted by atomic mass is 9.88. The molecule has 0 aliphatic heterocycles. The van der Waals surface area contributed by atoms with Gasteiger partial charge in [0.1, 0.15) is 0 Å². The van der Waals surface area contributed by atoms with Gasteiger partial charge in [-0.15, -0.1) is 0 Å². The van der Waals surface area contributed by atoms with Gasteiger partial charge in [0.2, 0.25) is 0 Å². The lowest BCUT2D eigenvalue weighted by molar-refractivity contribution is 0.836. The highest BCUT2D eigenvalue weighted by atomic mass is 15.0. The molecule has 0 atom stereocenters. The van der Waals surface area contributed by atoms with Crippen molar-refractivity contribution in [3.05, 3.63) is 90.0 Å². The number of aromatic amines is 1. The van der Waals surface area contributed by atoms with Crippen molar-refractivity contribution in [3.63, 3.8) is 0 Å². The van der Waals surface area contributed by atoms with Gasteiger partial charge in [0.15, 0.2) is 0 Å². The molecule has 0 amide bonds. The summed E-state index contributed by atoms with van der Waals surface area (Å²) in [4.78, 5) is 3.70. The Morgan fingerprint density at radius 1 is 0.643 bits per heavy atom. The lowest BCUT2D eigenvalue weighted by Gasteiger charge is -2.20. The fraction of sp³-hybridized carbons (Fsp3) is 0.0769. The fourth-order valence-corrected chi connectivity index (χ4v) is 4.98. The van der Waals surface area contributed by atoms with Crippen LogP contribution in [0, 0.1) is 0 Å². The maximum atomic E-state index is 3.70. The van der Waals surface area contributed by atoms with E-state index in [0.29, 0.717) is 0 Å². The Kier molecular flexibility index (Phi) is 2.62. The normalized spacial score (nSPS) is 13.4. The molecular formula is C26H18N2. The third kappa shape index (κ3) is 1.73. The summed E-state index contributed by atoms with van der Waals surface area (Å²) < 4.78 is 2.42. The first-order valence-electron chi connectivity index (χ1n) is 9.93. The van der Waals surface area contributed by atoms with Gasteiger partial charge in [-0.25, -0.2) is 0 Å². The summed E-state index contributed by atoms with van der Waals surface area (Å²) in [6.45, 7) is 0. The molecule has 7 rings (SSSR count). The molecule has 0 spiro atoms. The van der Waals surface area contributed by atoms with Gasteiger partial charge in [-0.1, -0.05) is 48.5 Å². The van der Waals surface area contributed by atoms with Gasteiger partial charge < -0.3 is 9.55 Å². The minimum Gasteiger partial charge on any atom is -0.354 e. The Bertz CT molecular complexity index is 1560. The van der Waals surface area contributed by atoms with E-state index in [1.54, 1.807) is 0 Å². The zero-order chi connectivity index (χ0) is 18.2. The van der Waals surface area contributed by atoms with E-state index in [9.17, 15) is 0 Å². The molecule has 6 aromatic rings. The molecule has 1 N–H and O–H groups in total. The Hall–Kier alpha value is -3.52. The number of hydrogen-bond donors (Lipinski definition) is 1. The van der Waals surface area contributed by atoms with E-state index >= 15 is 0 Å². The number of fused-ring (bicyclic) bond motifs is 8. The largest absolute Gasteiger partial charge is 0.354 e. The summed E-state index contributed by atoms with van der Waals surface area (Å²) in [6.07, 6.45) is 2.42. The maximum absolute atomic E-state index is 3.70. The highest BCUT2D eigenvalue weighted by Gasteiger charge is 2.19. The average molecular weight is 358 g/mol. The monoisotopic (exact) mass is 358 g/mol. The van der Waals surface area contributed by atoms with Crippen molar-refractivity contribution in [2.24, 2.45) is 0 Å². The first-order valence-corrected chi connectivity index (χ1v) is 9.93. The van der Waals surface area contributed by atoms with Crippen molar-refractivity contribution in [2.75, 3.05) is 0 Å². The van der Waals surface area contributed by atoms with Crippen LogP contribution in [0.2, 0.25) is 0 Å². The van der Waals surface area contributed by atoms with Crippen LogP contribution >= 0.6 is 0 Å². The number of hydrogen-bond acceptors (Lipinski definition) is 0. The predicted octanol–water partition coefficient (Wildman–Crippen LogP) is 6.52. The molecule has 0 fully saturated rings. The minimum atomic E-state index is 1.20. The highest BCUT2D eigenvalue weighted by Crippen LogP contribution is 2.39. The van der Waals surface area contributed by atoms with Crippen molar-refractivity contribution in [1.82, 2.24) is 9.55 Å². The zero-order valence-electron chi connectivity index (χ0n) is 15.4. The Balaban J connectivity index is 1.69. The second-order valence-corrected chi connectivity index (χ2v) is 7.86. The first-order chi connectivity index (χ1) is 13.9. The number of para-hydroxylation sites is 2. The predicted molar refractivity (Wildman–Crippen MR) is 118 cm³/mol. The van der Waals surface area contributed by atoms with Gasteiger partial charge in [-0.3, -0.25) is 0 Å². The molecule has 0 radical (unpaired) electrons. The molecule has 2 heteroatoms. The van der Waals surface area contributed by atoms with E-state index in [1.807, 2.05) is 0 Å². The number of aryl methyl sites for hydroxylation is 2. The van der Waals surface area contributed by atoms with Crippen molar-refractivity contribution in [3.8, 4) is 5.69 Å². The van der Waals surface area contributed by atoms with Gasteiger partial charge in [-0.2, -0.15) is 0 Å². The van der Waals surface area contributed by atoms with Gasteiger partial charge in [0, 0.05) is 32.7 Å². The summed E-state index contributed by atoms with van der Waals surface area (Å²) >= 11 is 0. The molecule has 0 bridgehead atoms. The van der Waals surface area contributed by atoms with E-state index in [1.165, 1.54) is 73.3 Å². The summed E-state index contributed by atoms with van der Waals surface area (Å²) in [5.74, 6) is 0. The van der Waals surface area contributed by atoms with Crippen molar-refractivity contribution < 1.29 is 0 Å². The number of H-pyrrole nitrogens is 1. The third-order valence-electron chi connectivity index (χ3n) is 6.43. The number of nitrogens with one attached hydrogen (secondary N) is 1. The van der Waals surface area contributed by atoms with Crippen LogP contribution in [0.25, 0.3) is 49.3 Å². The molecular weight excluding hydrogens is 340 g/mol. The summed E-state index contributed by atoms with van der Waals surface area (Å²) in [7, 11) is 0. The smallest absolute Gasteiger partial charge is 0.0566 e.